The zero-order valence-corrected chi connectivity index (χ0v) is 11.1. The summed E-state index contributed by atoms with van der Waals surface area (Å²) in [4.78, 5) is 22.0. The first-order valence-electron chi connectivity index (χ1n) is 6.47. The van der Waals surface area contributed by atoms with Crippen molar-refractivity contribution in [1.29, 1.82) is 0 Å². The van der Waals surface area contributed by atoms with Gasteiger partial charge in [-0.05, 0) is 12.1 Å². The first kappa shape index (κ1) is 15.4. The van der Waals surface area contributed by atoms with E-state index in [1.807, 2.05) is 0 Å². The van der Waals surface area contributed by atoms with Crippen LogP contribution >= 0.6 is 0 Å². The topological polar surface area (TPSA) is 122 Å². The first-order valence-corrected chi connectivity index (χ1v) is 6.47. The number of carbonyl (C=O) groups is 1. The molecule has 0 saturated carbocycles. The lowest BCUT2D eigenvalue weighted by molar-refractivity contribution is -0.550. The van der Waals surface area contributed by atoms with Crippen molar-refractivity contribution >= 4 is 5.91 Å². The van der Waals surface area contributed by atoms with E-state index < -0.39 is 29.5 Å². The molecule has 0 aromatic heterocycles. The van der Waals surface area contributed by atoms with Crippen molar-refractivity contribution in [3.63, 3.8) is 0 Å². The van der Waals surface area contributed by atoms with Gasteiger partial charge in [0.05, 0.1) is 6.10 Å². The summed E-state index contributed by atoms with van der Waals surface area (Å²) < 4.78 is 5.05. The second-order valence-corrected chi connectivity index (χ2v) is 4.80. The van der Waals surface area contributed by atoms with Crippen LogP contribution in [0.4, 0.5) is 0 Å². The summed E-state index contributed by atoms with van der Waals surface area (Å²) in [5, 5.41) is 32.3. The summed E-state index contributed by atoms with van der Waals surface area (Å²) in [6.07, 6.45) is -4.01. The fourth-order valence-electron chi connectivity index (χ4n) is 2.17. The molecule has 4 atom stereocenters. The minimum atomic E-state index is -1.63. The third-order valence-electron chi connectivity index (χ3n) is 3.32. The highest BCUT2D eigenvalue weighted by Gasteiger charge is 2.43. The van der Waals surface area contributed by atoms with Crippen LogP contribution in [0.1, 0.15) is 16.8 Å². The number of rotatable bonds is 4. The van der Waals surface area contributed by atoms with Crippen molar-refractivity contribution in [3.05, 3.63) is 46.0 Å². The Balaban J connectivity index is 1.91. The van der Waals surface area contributed by atoms with Crippen LogP contribution < -0.4 is 5.32 Å². The Morgan fingerprint density at radius 3 is 2.67 bits per heavy atom. The van der Waals surface area contributed by atoms with E-state index in [4.69, 9.17) is 4.74 Å². The van der Waals surface area contributed by atoms with Gasteiger partial charge in [0.2, 0.25) is 6.04 Å². The molecule has 3 unspecified atom stereocenters. The molecule has 0 spiro atoms. The van der Waals surface area contributed by atoms with Crippen LogP contribution in [0.3, 0.4) is 0 Å². The lowest BCUT2D eigenvalue weighted by Crippen LogP contribution is -2.53. The number of carbonyl (C=O) groups excluding carboxylic acids is 1. The van der Waals surface area contributed by atoms with Crippen molar-refractivity contribution in [2.24, 2.45) is 0 Å². The maximum atomic E-state index is 11.8. The van der Waals surface area contributed by atoms with Crippen molar-refractivity contribution < 1.29 is 24.7 Å². The number of aliphatic hydroxyl groups is 2. The van der Waals surface area contributed by atoms with Gasteiger partial charge in [0.25, 0.3) is 5.91 Å². The number of amides is 1. The minimum absolute atomic E-state index is 0.0157. The summed E-state index contributed by atoms with van der Waals surface area (Å²) in [5.41, 5.74) is 0.458. The van der Waals surface area contributed by atoms with Crippen molar-refractivity contribution in [3.8, 4) is 0 Å². The Bertz CT molecular complexity index is 509. The van der Waals surface area contributed by atoms with E-state index in [0.29, 0.717) is 5.56 Å². The number of aliphatic hydroxyl groups excluding tert-OH is 2. The third-order valence-corrected chi connectivity index (χ3v) is 3.32. The fourth-order valence-corrected chi connectivity index (χ4v) is 2.17. The molecule has 1 aliphatic rings. The number of nitrogens with zero attached hydrogens (tertiary/aromatic N) is 1. The second kappa shape index (κ2) is 6.61. The van der Waals surface area contributed by atoms with E-state index in [1.165, 1.54) is 0 Å². The van der Waals surface area contributed by atoms with Crippen molar-refractivity contribution in [1.82, 2.24) is 5.32 Å². The molecule has 0 aliphatic carbocycles. The number of nitrogens with one attached hydrogen (secondary N) is 1. The number of hydrogen-bond acceptors (Lipinski definition) is 6. The number of nitro groups is 1. The average molecular weight is 296 g/mol. The summed E-state index contributed by atoms with van der Waals surface area (Å²) in [6, 6.07) is 7.17. The highest BCUT2D eigenvalue weighted by atomic mass is 16.6. The van der Waals surface area contributed by atoms with E-state index in [0.717, 1.165) is 0 Å². The van der Waals surface area contributed by atoms with Crippen LogP contribution in [-0.4, -0.2) is 52.1 Å². The Kier molecular flexibility index (Phi) is 4.84. The van der Waals surface area contributed by atoms with E-state index in [1.54, 1.807) is 30.3 Å². The molecule has 114 valence electrons. The Labute approximate surface area is 120 Å². The van der Waals surface area contributed by atoms with Gasteiger partial charge >= 0.3 is 0 Å². The van der Waals surface area contributed by atoms with Crippen LogP contribution in [0.15, 0.2) is 30.3 Å². The molecular weight excluding hydrogens is 280 g/mol. The van der Waals surface area contributed by atoms with Gasteiger partial charge in [-0.2, -0.15) is 0 Å². The maximum absolute atomic E-state index is 11.8. The molecule has 1 amide bonds. The minimum Gasteiger partial charge on any atom is -0.381 e. The molecular formula is C13H16N2O6. The molecule has 21 heavy (non-hydrogen) atoms. The van der Waals surface area contributed by atoms with Crippen molar-refractivity contribution in [2.75, 3.05) is 6.54 Å². The molecule has 1 fully saturated rings. The third kappa shape index (κ3) is 3.75. The zero-order chi connectivity index (χ0) is 15.4. The number of benzene rings is 1. The highest BCUT2D eigenvalue weighted by Crippen LogP contribution is 2.20. The number of hydrogen-bond donors (Lipinski definition) is 3. The van der Waals surface area contributed by atoms with Crippen LogP contribution in [0.2, 0.25) is 0 Å². The molecule has 0 bridgehead atoms. The molecule has 1 aromatic carbocycles. The van der Waals surface area contributed by atoms with Crippen LogP contribution in [0.5, 0.6) is 0 Å². The molecule has 0 radical (unpaired) electrons. The van der Waals surface area contributed by atoms with Gasteiger partial charge in [0, 0.05) is 23.5 Å². The summed E-state index contributed by atoms with van der Waals surface area (Å²) >= 11 is 0. The predicted octanol–water partition coefficient (Wildman–Crippen LogP) is -0.470. The van der Waals surface area contributed by atoms with Gasteiger partial charge in [0.1, 0.15) is 0 Å². The molecule has 8 nitrogen and oxygen atoms in total. The van der Waals surface area contributed by atoms with Gasteiger partial charge in [-0.15, -0.1) is 0 Å². The predicted molar refractivity (Wildman–Crippen MR) is 71.1 cm³/mol. The second-order valence-electron chi connectivity index (χ2n) is 4.80. The standard InChI is InChI=1S/C13H16N2O6/c16-11-10(15(19)20)6-9(21-13(11)18)7-14-12(17)8-4-2-1-3-5-8/h1-5,9-11,13,16,18H,6-7H2,(H,14,17)/t9?,10?,11?,13-/m1/s1. The van der Waals surface area contributed by atoms with E-state index in [-0.39, 0.29) is 18.9 Å². The Morgan fingerprint density at radius 2 is 2.05 bits per heavy atom. The first-order chi connectivity index (χ1) is 9.99. The van der Waals surface area contributed by atoms with Gasteiger partial charge in [-0.3, -0.25) is 14.9 Å². The Morgan fingerprint density at radius 1 is 1.38 bits per heavy atom. The highest BCUT2D eigenvalue weighted by molar-refractivity contribution is 5.94. The Hall–Kier alpha value is -2.03. The van der Waals surface area contributed by atoms with Gasteiger partial charge < -0.3 is 20.3 Å². The molecule has 1 heterocycles. The smallest absolute Gasteiger partial charge is 0.251 e. The number of ether oxygens (including phenoxy) is 1. The molecule has 1 aliphatic heterocycles. The molecule has 3 N–H and O–H groups in total. The van der Waals surface area contributed by atoms with Crippen LogP contribution in [0.25, 0.3) is 0 Å². The molecule has 8 heteroatoms. The molecule has 2 rings (SSSR count). The average Bonchev–Trinajstić information content (AvgIpc) is 2.48. The van der Waals surface area contributed by atoms with E-state index in [2.05, 4.69) is 5.32 Å². The van der Waals surface area contributed by atoms with Crippen molar-refractivity contribution in [2.45, 2.75) is 31.0 Å². The monoisotopic (exact) mass is 296 g/mol. The molecule has 1 saturated heterocycles. The SMILES string of the molecule is O=C(NCC1CC([N+](=O)[O-])C(O)[C@H](O)O1)c1ccccc1. The summed E-state index contributed by atoms with van der Waals surface area (Å²) in [7, 11) is 0. The lowest BCUT2D eigenvalue weighted by Gasteiger charge is -2.32. The zero-order valence-electron chi connectivity index (χ0n) is 11.1. The van der Waals surface area contributed by atoms with Gasteiger partial charge in [-0.25, -0.2) is 0 Å². The van der Waals surface area contributed by atoms with E-state index >= 15 is 0 Å². The normalized spacial score (nSPS) is 28.9. The lowest BCUT2D eigenvalue weighted by atomic mass is 10.00. The van der Waals surface area contributed by atoms with Crippen LogP contribution in [-0.2, 0) is 4.74 Å². The van der Waals surface area contributed by atoms with Gasteiger partial charge in [0.15, 0.2) is 12.4 Å². The van der Waals surface area contributed by atoms with Gasteiger partial charge in [-0.1, -0.05) is 18.2 Å². The summed E-state index contributed by atoms with van der Waals surface area (Å²) in [6.45, 7) is 0.0157. The van der Waals surface area contributed by atoms with Crippen LogP contribution in [0, 0.1) is 10.1 Å². The largest absolute Gasteiger partial charge is 0.381 e. The molecule has 1 aromatic rings. The maximum Gasteiger partial charge on any atom is 0.251 e. The quantitative estimate of drug-likeness (QED) is 0.510. The summed E-state index contributed by atoms with van der Waals surface area (Å²) in [5.74, 6) is -0.336. The van der Waals surface area contributed by atoms with E-state index in [9.17, 15) is 25.1 Å². The fraction of sp³-hybridized carbons (Fsp3) is 0.462.